The van der Waals surface area contributed by atoms with E-state index in [0.717, 1.165) is 52.5 Å². The van der Waals surface area contributed by atoms with Crippen molar-refractivity contribution in [1.82, 2.24) is 4.98 Å². The molecule has 1 aromatic heterocycles. The predicted octanol–water partition coefficient (Wildman–Crippen LogP) is 6.46. The van der Waals surface area contributed by atoms with E-state index < -0.39 is 11.6 Å². The molecule has 4 aromatic rings. The molecule has 0 N–H and O–H groups in total. The number of aryl methyl sites for hydroxylation is 1. The van der Waals surface area contributed by atoms with Gasteiger partial charge in [0.15, 0.2) is 0 Å². The lowest BCUT2D eigenvalue weighted by Crippen LogP contribution is -2.09. The fourth-order valence-corrected chi connectivity index (χ4v) is 3.98. The summed E-state index contributed by atoms with van der Waals surface area (Å²) in [6.45, 7) is 0. The van der Waals surface area contributed by atoms with Crippen LogP contribution in [0, 0.1) is 11.6 Å². The van der Waals surface area contributed by atoms with E-state index >= 15 is 0 Å². The molecule has 0 bridgehead atoms. The van der Waals surface area contributed by atoms with Gasteiger partial charge < -0.3 is 0 Å². The molecular formula is C25H17F2N. The number of nitrogens with zero attached hydrogens (tertiary/aromatic N) is 1. The van der Waals surface area contributed by atoms with Gasteiger partial charge in [-0.2, -0.15) is 0 Å². The van der Waals surface area contributed by atoms with Gasteiger partial charge in [0, 0.05) is 16.7 Å². The van der Waals surface area contributed by atoms with E-state index in [9.17, 15) is 8.78 Å². The van der Waals surface area contributed by atoms with E-state index in [4.69, 9.17) is 4.98 Å². The molecule has 3 aromatic carbocycles. The molecule has 136 valence electrons. The van der Waals surface area contributed by atoms with Gasteiger partial charge in [-0.05, 0) is 53.8 Å². The number of fused-ring (bicyclic) bond motifs is 3. The van der Waals surface area contributed by atoms with Crippen LogP contribution in [0.25, 0.3) is 33.6 Å². The van der Waals surface area contributed by atoms with E-state index in [1.54, 1.807) is 0 Å². The van der Waals surface area contributed by atoms with Crippen LogP contribution in [0.2, 0.25) is 0 Å². The van der Waals surface area contributed by atoms with Gasteiger partial charge in [0.05, 0.1) is 11.4 Å². The molecule has 0 spiro atoms. The van der Waals surface area contributed by atoms with E-state index in [2.05, 4.69) is 12.1 Å². The standard InChI is InChI=1S/C25H17F2N/c26-18-11-13-23(27)22(14-18)21-15-24(17-7-2-1-3-8-17)28-25-19-9-5-4-6-16(19)10-12-20(21)25/h1-9,11,13-15H,10,12H2. The minimum absolute atomic E-state index is 0.287. The van der Waals surface area contributed by atoms with Crippen molar-refractivity contribution in [2.45, 2.75) is 12.8 Å². The third kappa shape index (κ3) is 2.80. The van der Waals surface area contributed by atoms with E-state index in [1.807, 2.05) is 48.5 Å². The number of aromatic nitrogens is 1. The van der Waals surface area contributed by atoms with E-state index in [-0.39, 0.29) is 5.56 Å². The Kier molecular flexibility index (Phi) is 4.01. The van der Waals surface area contributed by atoms with Gasteiger partial charge in [0.25, 0.3) is 0 Å². The zero-order valence-corrected chi connectivity index (χ0v) is 15.1. The van der Waals surface area contributed by atoms with Crippen LogP contribution in [0.15, 0.2) is 78.9 Å². The molecule has 0 unspecified atom stereocenters. The van der Waals surface area contributed by atoms with Gasteiger partial charge in [-0.25, -0.2) is 13.8 Å². The summed E-state index contributed by atoms with van der Waals surface area (Å²) in [4.78, 5) is 4.95. The summed E-state index contributed by atoms with van der Waals surface area (Å²) in [6.07, 6.45) is 1.61. The zero-order valence-electron chi connectivity index (χ0n) is 15.1. The van der Waals surface area contributed by atoms with Crippen LogP contribution < -0.4 is 0 Å². The van der Waals surface area contributed by atoms with Gasteiger partial charge >= 0.3 is 0 Å². The summed E-state index contributed by atoms with van der Waals surface area (Å²) in [7, 11) is 0. The molecular weight excluding hydrogens is 352 g/mol. The lowest BCUT2D eigenvalue weighted by Gasteiger charge is -2.23. The molecule has 0 amide bonds. The van der Waals surface area contributed by atoms with Crippen molar-refractivity contribution in [3.05, 3.63) is 102 Å². The van der Waals surface area contributed by atoms with Crippen LogP contribution >= 0.6 is 0 Å². The second-order valence-electron chi connectivity index (χ2n) is 7.03. The zero-order chi connectivity index (χ0) is 19.1. The van der Waals surface area contributed by atoms with Crippen molar-refractivity contribution >= 4 is 0 Å². The topological polar surface area (TPSA) is 12.9 Å². The van der Waals surface area contributed by atoms with Crippen molar-refractivity contribution in [2.75, 3.05) is 0 Å². The Hall–Kier alpha value is -3.33. The maximum Gasteiger partial charge on any atom is 0.131 e. The molecule has 1 nitrogen and oxygen atoms in total. The fraction of sp³-hybridized carbons (Fsp3) is 0.0800. The molecule has 5 rings (SSSR count). The Bertz CT molecular complexity index is 1180. The Balaban J connectivity index is 1.83. The summed E-state index contributed by atoms with van der Waals surface area (Å²) in [5.74, 6) is -0.868. The van der Waals surface area contributed by atoms with Crippen molar-refractivity contribution in [2.24, 2.45) is 0 Å². The first-order chi connectivity index (χ1) is 13.7. The lowest BCUT2D eigenvalue weighted by atomic mass is 9.84. The van der Waals surface area contributed by atoms with Crippen LogP contribution in [0.5, 0.6) is 0 Å². The molecule has 1 aliphatic carbocycles. The Morgan fingerprint density at radius 1 is 0.679 bits per heavy atom. The minimum atomic E-state index is -0.445. The van der Waals surface area contributed by atoms with Crippen molar-refractivity contribution < 1.29 is 8.78 Å². The molecule has 28 heavy (non-hydrogen) atoms. The predicted molar refractivity (Wildman–Crippen MR) is 108 cm³/mol. The molecule has 0 saturated carbocycles. The lowest BCUT2D eigenvalue weighted by molar-refractivity contribution is 0.603. The second kappa shape index (κ2) is 6.68. The number of rotatable bonds is 2. The molecule has 0 aliphatic heterocycles. The molecule has 1 heterocycles. The minimum Gasteiger partial charge on any atom is -0.247 e. The van der Waals surface area contributed by atoms with Crippen LogP contribution in [0.4, 0.5) is 8.78 Å². The summed E-state index contributed by atoms with van der Waals surface area (Å²) in [5.41, 5.74) is 6.86. The van der Waals surface area contributed by atoms with Crippen LogP contribution in [-0.4, -0.2) is 4.98 Å². The average Bonchev–Trinajstić information content (AvgIpc) is 2.75. The van der Waals surface area contributed by atoms with Crippen molar-refractivity contribution in [1.29, 1.82) is 0 Å². The molecule has 0 saturated heterocycles. The molecule has 1 aliphatic rings. The van der Waals surface area contributed by atoms with Gasteiger partial charge in [-0.3, -0.25) is 0 Å². The highest BCUT2D eigenvalue weighted by atomic mass is 19.1. The van der Waals surface area contributed by atoms with Crippen LogP contribution in [0.1, 0.15) is 11.1 Å². The maximum absolute atomic E-state index is 14.7. The number of pyridine rings is 1. The average molecular weight is 369 g/mol. The Labute approximate surface area is 162 Å². The molecule has 3 heteroatoms. The van der Waals surface area contributed by atoms with Crippen molar-refractivity contribution in [3.63, 3.8) is 0 Å². The maximum atomic E-state index is 14.7. The van der Waals surface area contributed by atoms with Gasteiger partial charge in [0.2, 0.25) is 0 Å². The highest BCUT2D eigenvalue weighted by Gasteiger charge is 2.23. The van der Waals surface area contributed by atoms with Crippen LogP contribution in [-0.2, 0) is 12.8 Å². The highest BCUT2D eigenvalue weighted by molar-refractivity contribution is 5.83. The highest BCUT2D eigenvalue weighted by Crippen LogP contribution is 2.40. The molecule has 0 atom stereocenters. The first-order valence-electron chi connectivity index (χ1n) is 9.34. The third-order valence-corrected chi connectivity index (χ3v) is 5.33. The Morgan fingerprint density at radius 3 is 2.32 bits per heavy atom. The number of hydrogen-bond donors (Lipinski definition) is 0. The summed E-state index contributed by atoms with van der Waals surface area (Å²) >= 11 is 0. The summed E-state index contributed by atoms with van der Waals surface area (Å²) in [6, 6.07) is 23.5. The van der Waals surface area contributed by atoms with E-state index in [1.165, 1.54) is 17.7 Å². The third-order valence-electron chi connectivity index (χ3n) is 5.33. The normalized spacial score (nSPS) is 12.4. The Morgan fingerprint density at radius 2 is 1.46 bits per heavy atom. The largest absolute Gasteiger partial charge is 0.247 e. The van der Waals surface area contributed by atoms with Gasteiger partial charge in [-0.15, -0.1) is 0 Å². The quantitative estimate of drug-likeness (QED) is 0.395. The SMILES string of the molecule is Fc1ccc(F)c(-c2cc(-c3ccccc3)nc3c2CCc2ccccc2-3)c1. The van der Waals surface area contributed by atoms with Crippen LogP contribution in [0.3, 0.4) is 0 Å². The van der Waals surface area contributed by atoms with Crippen molar-refractivity contribution in [3.8, 4) is 33.6 Å². The molecule has 0 radical (unpaired) electrons. The second-order valence-corrected chi connectivity index (χ2v) is 7.03. The number of halogens is 2. The first-order valence-corrected chi connectivity index (χ1v) is 9.34. The van der Waals surface area contributed by atoms with Gasteiger partial charge in [-0.1, -0.05) is 54.6 Å². The number of hydrogen-bond acceptors (Lipinski definition) is 1. The fourth-order valence-electron chi connectivity index (χ4n) is 3.98. The monoisotopic (exact) mass is 369 g/mol. The molecule has 0 fully saturated rings. The summed E-state index contributed by atoms with van der Waals surface area (Å²) in [5, 5.41) is 0. The van der Waals surface area contributed by atoms with Gasteiger partial charge in [0.1, 0.15) is 11.6 Å². The van der Waals surface area contributed by atoms with E-state index in [0.29, 0.717) is 0 Å². The smallest absolute Gasteiger partial charge is 0.131 e. The summed E-state index contributed by atoms with van der Waals surface area (Å²) < 4.78 is 28.6. The first kappa shape index (κ1) is 16.8. The number of benzene rings is 3.